The molecule has 0 bridgehead atoms. The third-order valence-electron chi connectivity index (χ3n) is 6.70. The fraction of sp³-hybridized carbons (Fsp3) is 0.462. The normalized spacial score (nSPS) is 19.5. The maximum Gasteiger partial charge on any atom is 0.257 e. The highest BCUT2D eigenvalue weighted by Gasteiger charge is 2.35. The highest BCUT2D eigenvalue weighted by atomic mass is 16.5. The lowest BCUT2D eigenvalue weighted by molar-refractivity contribution is -0.134. The Morgan fingerprint density at radius 1 is 1.03 bits per heavy atom. The van der Waals surface area contributed by atoms with Gasteiger partial charge in [-0.15, -0.1) is 0 Å². The minimum atomic E-state index is -0.127. The van der Waals surface area contributed by atoms with E-state index < -0.39 is 0 Å². The largest absolute Gasteiger partial charge is 0.497 e. The second-order valence-corrected chi connectivity index (χ2v) is 8.64. The van der Waals surface area contributed by atoms with Gasteiger partial charge in [-0.2, -0.15) is 5.10 Å². The van der Waals surface area contributed by atoms with Gasteiger partial charge in [0, 0.05) is 44.2 Å². The van der Waals surface area contributed by atoms with Crippen LogP contribution in [-0.2, 0) is 4.79 Å². The standard InChI is InChI=1S/C26H34N4O3/c1-5-28-12-14-29(15-13-28)18-26(31)30-24(21-9-7-6-8-19(21)2)17-23(27-30)22-11-10-20(32-3)16-25(22)33-4/h6-11,16,24H,5,12-15,17-18H2,1-4H3. The van der Waals surface area contributed by atoms with Crippen LogP contribution in [0.15, 0.2) is 47.6 Å². The third-order valence-corrected chi connectivity index (χ3v) is 6.70. The number of ether oxygens (including phenoxy) is 2. The molecule has 2 aromatic rings. The Bertz CT molecular complexity index is 1010. The summed E-state index contributed by atoms with van der Waals surface area (Å²) in [5.41, 5.74) is 4.04. The van der Waals surface area contributed by atoms with E-state index in [1.165, 1.54) is 0 Å². The number of hydrogen-bond donors (Lipinski definition) is 0. The quantitative estimate of drug-likeness (QED) is 0.648. The second-order valence-electron chi connectivity index (χ2n) is 8.64. The van der Waals surface area contributed by atoms with Crippen molar-refractivity contribution in [3.63, 3.8) is 0 Å². The topological polar surface area (TPSA) is 57.6 Å². The van der Waals surface area contributed by atoms with Crippen LogP contribution in [0.3, 0.4) is 0 Å². The van der Waals surface area contributed by atoms with Crippen molar-refractivity contribution in [1.29, 1.82) is 0 Å². The van der Waals surface area contributed by atoms with Crippen LogP contribution >= 0.6 is 0 Å². The molecule has 0 aromatic heterocycles. The molecule has 0 N–H and O–H groups in total. The average molecular weight is 451 g/mol. The Hall–Kier alpha value is -2.90. The van der Waals surface area contributed by atoms with Gasteiger partial charge in [0.1, 0.15) is 11.5 Å². The van der Waals surface area contributed by atoms with Crippen LogP contribution in [0.5, 0.6) is 11.5 Å². The number of carbonyl (C=O) groups excluding carboxylic acids is 1. The van der Waals surface area contributed by atoms with E-state index in [9.17, 15) is 4.79 Å². The predicted octanol–water partition coefficient (Wildman–Crippen LogP) is 3.33. The summed E-state index contributed by atoms with van der Waals surface area (Å²) in [6.45, 7) is 9.54. The van der Waals surface area contributed by atoms with Crippen molar-refractivity contribution in [2.75, 3.05) is 53.5 Å². The van der Waals surface area contributed by atoms with Crippen molar-refractivity contribution >= 4 is 11.6 Å². The van der Waals surface area contributed by atoms with E-state index >= 15 is 0 Å². The molecule has 1 fully saturated rings. The number of methoxy groups -OCH3 is 2. The lowest BCUT2D eigenvalue weighted by atomic mass is 9.95. The molecule has 33 heavy (non-hydrogen) atoms. The second kappa shape index (κ2) is 10.4. The van der Waals surface area contributed by atoms with E-state index in [-0.39, 0.29) is 11.9 Å². The number of piperazine rings is 1. The number of aryl methyl sites for hydroxylation is 1. The summed E-state index contributed by atoms with van der Waals surface area (Å²) in [6, 6.07) is 13.8. The number of nitrogens with zero attached hydrogens (tertiary/aromatic N) is 4. The molecule has 1 atom stereocenters. The molecular weight excluding hydrogens is 416 g/mol. The van der Waals surface area contributed by atoms with Crippen LogP contribution in [0.25, 0.3) is 0 Å². The van der Waals surface area contributed by atoms with Gasteiger partial charge in [0.25, 0.3) is 5.91 Å². The smallest absolute Gasteiger partial charge is 0.257 e. The minimum absolute atomic E-state index is 0.0377. The van der Waals surface area contributed by atoms with Crippen LogP contribution in [0, 0.1) is 6.92 Å². The van der Waals surface area contributed by atoms with Gasteiger partial charge in [-0.3, -0.25) is 9.69 Å². The molecule has 0 spiro atoms. The molecular formula is C26H34N4O3. The van der Waals surface area contributed by atoms with Crippen molar-refractivity contribution in [3.05, 3.63) is 59.2 Å². The van der Waals surface area contributed by atoms with Crippen molar-refractivity contribution in [1.82, 2.24) is 14.8 Å². The first-order valence-corrected chi connectivity index (χ1v) is 11.7. The summed E-state index contributed by atoms with van der Waals surface area (Å²) >= 11 is 0. The van der Waals surface area contributed by atoms with Crippen molar-refractivity contribution in [2.45, 2.75) is 26.3 Å². The Balaban J connectivity index is 1.62. The molecule has 7 nitrogen and oxygen atoms in total. The van der Waals surface area contributed by atoms with Gasteiger partial charge in [0.2, 0.25) is 0 Å². The van der Waals surface area contributed by atoms with Crippen LogP contribution in [0.1, 0.15) is 36.1 Å². The van der Waals surface area contributed by atoms with E-state index in [0.717, 1.165) is 60.9 Å². The van der Waals surface area contributed by atoms with Gasteiger partial charge in [-0.1, -0.05) is 31.2 Å². The number of likely N-dealkylation sites (N-methyl/N-ethyl adjacent to an activating group) is 1. The summed E-state index contributed by atoms with van der Waals surface area (Å²) in [6.07, 6.45) is 0.642. The summed E-state index contributed by atoms with van der Waals surface area (Å²) in [4.78, 5) is 18.2. The third kappa shape index (κ3) is 5.04. The zero-order valence-corrected chi connectivity index (χ0v) is 20.1. The maximum absolute atomic E-state index is 13.5. The molecule has 4 rings (SSSR count). The van der Waals surface area contributed by atoms with Crippen molar-refractivity contribution in [3.8, 4) is 11.5 Å². The molecule has 0 radical (unpaired) electrons. The summed E-state index contributed by atoms with van der Waals surface area (Å²) < 4.78 is 11.0. The molecule has 0 saturated carbocycles. The van der Waals surface area contributed by atoms with Crippen LogP contribution in [-0.4, -0.2) is 79.9 Å². The SMILES string of the molecule is CCN1CCN(CC(=O)N2N=C(c3ccc(OC)cc3OC)CC2c2ccccc2C)CC1. The molecule has 2 heterocycles. The van der Waals surface area contributed by atoms with E-state index in [4.69, 9.17) is 14.6 Å². The van der Waals surface area contributed by atoms with Gasteiger partial charge in [-0.25, -0.2) is 5.01 Å². The highest BCUT2D eigenvalue weighted by Crippen LogP contribution is 2.37. The molecule has 0 aliphatic carbocycles. The van der Waals surface area contributed by atoms with Crippen LogP contribution in [0.2, 0.25) is 0 Å². The summed E-state index contributed by atoms with van der Waals surface area (Å²) in [5.74, 6) is 1.46. The maximum atomic E-state index is 13.5. The van der Waals surface area contributed by atoms with Crippen molar-refractivity contribution in [2.24, 2.45) is 5.10 Å². The van der Waals surface area contributed by atoms with E-state index in [1.54, 1.807) is 19.2 Å². The molecule has 1 amide bonds. The van der Waals surface area contributed by atoms with E-state index in [1.807, 2.05) is 30.3 Å². The van der Waals surface area contributed by atoms with E-state index in [2.05, 4.69) is 35.8 Å². The molecule has 2 aliphatic rings. The first kappa shape index (κ1) is 23.3. The molecule has 176 valence electrons. The van der Waals surface area contributed by atoms with E-state index in [0.29, 0.717) is 18.7 Å². The van der Waals surface area contributed by atoms with Gasteiger partial charge < -0.3 is 14.4 Å². The number of amides is 1. The lowest BCUT2D eigenvalue weighted by Gasteiger charge is -2.34. The number of hydrogen-bond acceptors (Lipinski definition) is 6. The first-order chi connectivity index (χ1) is 16.0. The Labute approximate surface area is 196 Å². The molecule has 1 unspecified atom stereocenters. The lowest BCUT2D eigenvalue weighted by Crippen LogP contribution is -2.49. The number of benzene rings is 2. The molecule has 2 aromatic carbocycles. The summed E-state index contributed by atoms with van der Waals surface area (Å²) in [5, 5.41) is 6.56. The zero-order chi connectivity index (χ0) is 23.4. The minimum Gasteiger partial charge on any atom is -0.497 e. The van der Waals surface area contributed by atoms with Crippen molar-refractivity contribution < 1.29 is 14.3 Å². The zero-order valence-electron chi connectivity index (χ0n) is 20.1. The Morgan fingerprint density at radius 2 is 1.76 bits per heavy atom. The summed E-state index contributed by atoms with van der Waals surface area (Å²) in [7, 11) is 3.28. The number of hydrazone groups is 1. The van der Waals surface area contributed by atoms with Gasteiger partial charge >= 0.3 is 0 Å². The van der Waals surface area contributed by atoms with Gasteiger partial charge in [0.05, 0.1) is 32.5 Å². The van der Waals surface area contributed by atoms with Gasteiger partial charge in [0.15, 0.2) is 0 Å². The van der Waals surface area contributed by atoms with Crippen LogP contribution in [0.4, 0.5) is 0 Å². The Kier molecular flexibility index (Phi) is 7.30. The highest BCUT2D eigenvalue weighted by molar-refractivity contribution is 6.05. The monoisotopic (exact) mass is 450 g/mol. The van der Waals surface area contributed by atoms with Gasteiger partial charge in [-0.05, 0) is 36.7 Å². The predicted molar refractivity (Wildman–Crippen MR) is 130 cm³/mol. The number of rotatable bonds is 7. The Morgan fingerprint density at radius 3 is 2.42 bits per heavy atom. The fourth-order valence-corrected chi connectivity index (χ4v) is 4.67. The molecule has 1 saturated heterocycles. The molecule has 2 aliphatic heterocycles. The van der Waals surface area contributed by atoms with Crippen LogP contribution < -0.4 is 9.47 Å². The average Bonchev–Trinajstić information content (AvgIpc) is 3.29. The number of carbonyl (C=O) groups is 1. The molecule has 7 heteroatoms. The first-order valence-electron chi connectivity index (χ1n) is 11.7. The fourth-order valence-electron chi connectivity index (χ4n) is 4.67.